The first-order chi connectivity index (χ1) is 14.1. The van der Waals surface area contributed by atoms with Gasteiger partial charge < -0.3 is 16.0 Å². The lowest BCUT2D eigenvalue weighted by Crippen LogP contribution is -2.57. The Kier molecular flexibility index (Phi) is 4.59. The van der Waals surface area contributed by atoms with Crippen LogP contribution in [0.15, 0.2) is 42.4 Å². The minimum absolute atomic E-state index is 0.0887. The summed E-state index contributed by atoms with van der Waals surface area (Å²) in [6.07, 6.45) is 10.6. The van der Waals surface area contributed by atoms with E-state index in [1.165, 1.54) is 29.5 Å². The number of carbonyl (C=O) groups is 1. The first kappa shape index (κ1) is 18.3. The number of rotatable bonds is 3. The van der Waals surface area contributed by atoms with E-state index in [0.29, 0.717) is 24.8 Å². The Morgan fingerprint density at radius 2 is 1.83 bits per heavy atom. The second kappa shape index (κ2) is 7.26. The molecule has 0 bridgehead atoms. The van der Waals surface area contributed by atoms with Crippen molar-refractivity contribution in [2.75, 3.05) is 13.1 Å². The second-order valence-electron chi connectivity index (χ2n) is 8.62. The molecule has 0 atom stereocenters. The lowest BCUT2D eigenvalue weighted by atomic mass is 9.78. The van der Waals surface area contributed by atoms with Crippen LogP contribution in [0.3, 0.4) is 0 Å². The molecule has 3 N–H and O–H groups in total. The number of nitrogens with one attached hydrogen (secondary N) is 1. The van der Waals surface area contributed by atoms with E-state index < -0.39 is 0 Å². The number of hydrogen-bond donors (Lipinski definition) is 2. The van der Waals surface area contributed by atoms with Gasteiger partial charge in [0.25, 0.3) is 5.91 Å². The van der Waals surface area contributed by atoms with Crippen LogP contribution in [0.1, 0.15) is 54.1 Å². The first-order valence-corrected chi connectivity index (χ1v) is 10.5. The predicted octanol–water partition coefficient (Wildman–Crippen LogP) is 2.36. The smallest absolute Gasteiger partial charge is 0.269 e. The predicted molar refractivity (Wildman–Crippen MR) is 112 cm³/mol. The molecule has 1 saturated heterocycles. The van der Waals surface area contributed by atoms with Crippen molar-refractivity contribution in [3.05, 3.63) is 64.9 Å². The Morgan fingerprint density at radius 3 is 2.52 bits per heavy atom. The maximum absolute atomic E-state index is 12.8. The number of amides is 1. The van der Waals surface area contributed by atoms with Gasteiger partial charge in [0.1, 0.15) is 5.70 Å². The fourth-order valence-corrected chi connectivity index (χ4v) is 4.54. The van der Waals surface area contributed by atoms with Crippen molar-refractivity contribution in [3.8, 4) is 0 Å². The minimum Gasteiger partial charge on any atom is -0.394 e. The first-order valence-electron chi connectivity index (χ1n) is 10.5. The number of piperidine rings is 1. The van der Waals surface area contributed by atoms with Crippen LogP contribution in [0.2, 0.25) is 0 Å². The summed E-state index contributed by atoms with van der Waals surface area (Å²) in [5.74, 6) is 0.998. The van der Waals surface area contributed by atoms with Crippen LogP contribution in [0.4, 0.5) is 0 Å². The Balaban J connectivity index is 1.22. The van der Waals surface area contributed by atoms with Crippen molar-refractivity contribution >= 4 is 12.0 Å². The summed E-state index contributed by atoms with van der Waals surface area (Å²) in [4.78, 5) is 23.4. The summed E-state index contributed by atoms with van der Waals surface area (Å²) in [5, 5.41) is 3.73. The number of hydrogen-bond acceptors (Lipinski definition) is 5. The van der Waals surface area contributed by atoms with Gasteiger partial charge in [0.05, 0.1) is 0 Å². The molecule has 6 heteroatoms. The highest BCUT2D eigenvalue weighted by atomic mass is 16.2. The highest BCUT2D eigenvalue weighted by Gasteiger charge is 2.38. The summed E-state index contributed by atoms with van der Waals surface area (Å²) < 4.78 is 0. The Morgan fingerprint density at radius 1 is 1.14 bits per heavy atom. The van der Waals surface area contributed by atoms with E-state index in [9.17, 15) is 4.79 Å². The molecule has 150 valence electrons. The number of likely N-dealkylation sites (tertiary alicyclic amines) is 1. The quantitative estimate of drug-likeness (QED) is 0.788. The van der Waals surface area contributed by atoms with Crippen LogP contribution in [0.25, 0.3) is 6.08 Å². The number of carbonyl (C=O) groups excluding carboxylic acids is 1. The van der Waals surface area contributed by atoms with Gasteiger partial charge in [0.15, 0.2) is 5.82 Å². The lowest BCUT2D eigenvalue weighted by Gasteiger charge is -2.45. The number of aromatic nitrogens is 2. The summed E-state index contributed by atoms with van der Waals surface area (Å²) in [7, 11) is 0. The molecule has 6 nitrogen and oxygen atoms in total. The largest absolute Gasteiger partial charge is 0.394 e. The van der Waals surface area contributed by atoms with Gasteiger partial charge in [-0.15, -0.1) is 0 Å². The molecule has 1 saturated carbocycles. The number of fused-ring (bicyclic) bond motifs is 1. The third-order valence-corrected chi connectivity index (χ3v) is 6.58. The van der Waals surface area contributed by atoms with E-state index in [-0.39, 0.29) is 17.1 Å². The molecule has 0 radical (unpaired) electrons. The average Bonchev–Trinajstić information content (AvgIpc) is 3.60. The van der Waals surface area contributed by atoms with Crippen LogP contribution in [0, 0.1) is 0 Å². The Hall–Kier alpha value is -2.73. The van der Waals surface area contributed by atoms with Crippen molar-refractivity contribution in [1.29, 1.82) is 0 Å². The highest BCUT2D eigenvalue weighted by molar-refractivity contribution is 5.96. The van der Waals surface area contributed by atoms with E-state index in [2.05, 4.69) is 39.6 Å². The molecule has 2 fully saturated rings. The van der Waals surface area contributed by atoms with Crippen molar-refractivity contribution in [2.45, 2.75) is 50.1 Å². The maximum Gasteiger partial charge on any atom is 0.269 e. The lowest BCUT2D eigenvalue weighted by molar-refractivity contribution is -0.128. The fraction of sp³-hybridized carbons (Fsp3) is 0.435. The molecule has 1 aromatic carbocycles. The molecule has 1 aromatic heterocycles. The molecular weight excluding hydrogens is 362 g/mol. The molecule has 1 spiro atoms. The third-order valence-electron chi connectivity index (χ3n) is 6.58. The molecule has 3 aliphatic rings. The van der Waals surface area contributed by atoms with E-state index in [1.54, 1.807) is 6.08 Å². The van der Waals surface area contributed by atoms with Crippen molar-refractivity contribution in [2.24, 2.45) is 5.73 Å². The normalized spacial score (nSPS) is 21.1. The SMILES string of the molecule is NC(=Cc1ncc(C2CC2)cn1)C(=O)N1CCC2(CC1)Cc1ccccc1CN2. The van der Waals surface area contributed by atoms with Gasteiger partial charge >= 0.3 is 0 Å². The number of nitrogens with zero attached hydrogens (tertiary/aromatic N) is 3. The third kappa shape index (κ3) is 3.77. The number of nitrogens with two attached hydrogens (primary N) is 1. The molecule has 0 unspecified atom stereocenters. The van der Waals surface area contributed by atoms with Crippen molar-refractivity contribution < 1.29 is 4.79 Å². The average molecular weight is 390 g/mol. The van der Waals surface area contributed by atoms with Crippen LogP contribution in [-0.2, 0) is 17.8 Å². The van der Waals surface area contributed by atoms with E-state index in [1.807, 2.05) is 17.3 Å². The summed E-state index contributed by atoms with van der Waals surface area (Å²) >= 11 is 0. The fourth-order valence-electron chi connectivity index (χ4n) is 4.54. The van der Waals surface area contributed by atoms with Crippen molar-refractivity contribution in [1.82, 2.24) is 20.2 Å². The van der Waals surface area contributed by atoms with Gasteiger partial charge in [-0.2, -0.15) is 0 Å². The summed E-state index contributed by atoms with van der Waals surface area (Å²) in [5.41, 5.74) is 10.4. The Bertz CT molecular complexity index is 940. The van der Waals surface area contributed by atoms with Gasteiger partial charge in [-0.25, -0.2) is 9.97 Å². The minimum atomic E-state index is -0.120. The zero-order valence-corrected chi connectivity index (χ0v) is 16.6. The highest BCUT2D eigenvalue weighted by Crippen LogP contribution is 2.39. The Labute approximate surface area is 171 Å². The topological polar surface area (TPSA) is 84.1 Å². The molecule has 5 rings (SSSR count). The molecule has 2 aromatic rings. The summed E-state index contributed by atoms with van der Waals surface area (Å²) in [6.45, 7) is 2.33. The van der Waals surface area contributed by atoms with Crippen LogP contribution in [-0.4, -0.2) is 39.4 Å². The second-order valence-corrected chi connectivity index (χ2v) is 8.62. The summed E-state index contributed by atoms with van der Waals surface area (Å²) in [6, 6.07) is 8.63. The molecule has 1 amide bonds. The zero-order valence-electron chi connectivity index (χ0n) is 16.6. The van der Waals surface area contributed by atoms with E-state index in [0.717, 1.165) is 25.8 Å². The van der Waals surface area contributed by atoms with Gasteiger partial charge in [0.2, 0.25) is 0 Å². The van der Waals surface area contributed by atoms with Gasteiger partial charge in [-0.3, -0.25) is 4.79 Å². The van der Waals surface area contributed by atoms with Crippen molar-refractivity contribution in [3.63, 3.8) is 0 Å². The van der Waals surface area contributed by atoms with Crippen LogP contribution < -0.4 is 11.1 Å². The van der Waals surface area contributed by atoms with Gasteiger partial charge in [-0.1, -0.05) is 24.3 Å². The van der Waals surface area contributed by atoms with Crippen LogP contribution >= 0.6 is 0 Å². The zero-order chi connectivity index (χ0) is 19.8. The van der Waals surface area contributed by atoms with Gasteiger partial charge in [-0.05, 0) is 54.7 Å². The molecular formula is C23H27N5O. The number of benzene rings is 1. The molecule has 1 aliphatic carbocycles. The van der Waals surface area contributed by atoms with E-state index >= 15 is 0 Å². The van der Waals surface area contributed by atoms with Gasteiger partial charge in [0, 0.05) is 43.6 Å². The monoisotopic (exact) mass is 389 g/mol. The van der Waals surface area contributed by atoms with Crippen LogP contribution in [0.5, 0.6) is 0 Å². The molecule has 3 heterocycles. The maximum atomic E-state index is 12.8. The standard InChI is InChI=1S/C23H27N5O/c24-20(11-21-25-13-19(14-26-21)16-5-6-16)22(29)28-9-7-23(8-10-28)12-17-3-1-2-4-18(17)15-27-23/h1-4,11,13-14,16,27H,5-10,12,15,24H2. The molecule has 2 aliphatic heterocycles. The van der Waals surface area contributed by atoms with E-state index in [4.69, 9.17) is 5.73 Å². The molecule has 29 heavy (non-hydrogen) atoms.